The highest BCUT2D eigenvalue weighted by atomic mass is 16.5. The summed E-state index contributed by atoms with van der Waals surface area (Å²) < 4.78 is 5.45. The lowest BCUT2D eigenvalue weighted by Gasteiger charge is -2.28. The highest BCUT2D eigenvalue weighted by Gasteiger charge is 2.32. The third-order valence-electron chi connectivity index (χ3n) is 4.03. The van der Waals surface area contributed by atoms with Gasteiger partial charge < -0.3 is 10.5 Å². The molecule has 5 nitrogen and oxygen atoms in total. The van der Waals surface area contributed by atoms with E-state index in [1.54, 1.807) is 24.3 Å². The van der Waals surface area contributed by atoms with Gasteiger partial charge in [0, 0.05) is 11.6 Å². The number of hydrogen-bond donors (Lipinski definition) is 1. The molecule has 0 radical (unpaired) electrons. The first-order valence-electron chi connectivity index (χ1n) is 7.58. The number of benzene rings is 1. The Morgan fingerprint density at radius 2 is 1.86 bits per heavy atom. The second-order valence-corrected chi connectivity index (χ2v) is 5.65. The van der Waals surface area contributed by atoms with E-state index in [1.807, 2.05) is 6.07 Å². The van der Waals surface area contributed by atoms with Gasteiger partial charge in [-0.3, -0.25) is 4.79 Å². The van der Waals surface area contributed by atoms with Gasteiger partial charge in [0.15, 0.2) is 11.9 Å². The fraction of sp³-hybridized carbons (Fsp3) is 0.471. The van der Waals surface area contributed by atoms with Crippen LogP contribution in [0.5, 0.6) is 0 Å². The lowest BCUT2D eigenvalue weighted by Crippen LogP contribution is -2.35. The van der Waals surface area contributed by atoms with E-state index in [0.29, 0.717) is 11.3 Å². The first-order valence-corrected chi connectivity index (χ1v) is 7.58. The summed E-state index contributed by atoms with van der Waals surface area (Å²) in [6, 6.07) is 8.23. The fourth-order valence-corrected chi connectivity index (χ4v) is 2.84. The molecule has 0 aromatic heterocycles. The first kappa shape index (κ1) is 16.0. The normalized spacial score (nSPS) is 16.5. The largest absolute Gasteiger partial charge is 0.450 e. The van der Waals surface area contributed by atoms with Crippen molar-refractivity contribution < 1.29 is 14.3 Å². The Morgan fingerprint density at radius 1 is 1.23 bits per heavy atom. The van der Waals surface area contributed by atoms with Crippen LogP contribution in [0.1, 0.15) is 48.9 Å². The van der Waals surface area contributed by atoms with Crippen LogP contribution in [-0.2, 0) is 9.53 Å². The van der Waals surface area contributed by atoms with Crippen LogP contribution < -0.4 is 5.73 Å². The molecule has 0 bridgehead atoms. The average Bonchev–Trinajstić information content (AvgIpc) is 2.54. The van der Waals surface area contributed by atoms with E-state index < -0.39 is 12.1 Å². The van der Waals surface area contributed by atoms with Gasteiger partial charge in [-0.15, -0.1) is 0 Å². The molecule has 1 unspecified atom stereocenters. The zero-order chi connectivity index (χ0) is 15.9. The van der Waals surface area contributed by atoms with Gasteiger partial charge in [0.1, 0.15) is 0 Å². The molecular weight excluding hydrogens is 280 g/mol. The predicted octanol–water partition coefficient (Wildman–Crippen LogP) is 2.86. The molecule has 1 aromatic carbocycles. The lowest BCUT2D eigenvalue weighted by atomic mass is 9.83. The number of hydrogen-bond acceptors (Lipinski definition) is 5. The van der Waals surface area contributed by atoms with Gasteiger partial charge in [-0.05, 0) is 37.1 Å². The number of carbonyl (C=O) groups is 2. The summed E-state index contributed by atoms with van der Waals surface area (Å²) in [7, 11) is 0. The molecule has 0 aliphatic heterocycles. The molecule has 5 heteroatoms. The number of Topliss-reactive ketones (excluding diaryl/α,β-unsaturated/α-hetero) is 1. The molecule has 22 heavy (non-hydrogen) atoms. The SMILES string of the molecule is N#CCC(=O)C(OC(=O)c1ccc(N)cc1)C1CCCCC1. The minimum absolute atomic E-state index is 0.0207. The Bertz CT molecular complexity index is 569. The summed E-state index contributed by atoms with van der Waals surface area (Å²) >= 11 is 0. The molecule has 1 aliphatic carbocycles. The maximum Gasteiger partial charge on any atom is 0.338 e. The number of nitrogens with two attached hydrogens (primary N) is 1. The quantitative estimate of drug-likeness (QED) is 0.666. The topological polar surface area (TPSA) is 93.2 Å². The molecular formula is C17H20N2O3. The number of nitrogens with zero attached hydrogens (tertiary/aromatic N) is 1. The number of anilines is 1. The Kier molecular flexibility index (Phi) is 5.54. The molecule has 1 aromatic rings. The van der Waals surface area contributed by atoms with Crippen molar-refractivity contribution in [1.82, 2.24) is 0 Å². The second-order valence-electron chi connectivity index (χ2n) is 5.65. The maximum absolute atomic E-state index is 12.2. The molecule has 0 amide bonds. The molecule has 1 fully saturated rings. The first-order chi connectivity index (χ1) is 10.6. The zero-order valence-corrected chi connectivity index (χ0v) is 12.5. The summed E-state index contributed by atoms with van der Waals surface area (Å²) in [4.78, 5) is 24.4. The zero-order valence-electron chi connectivity index (χ0n) is 12.5. The number of ether oxygens (including phenoxy) is 1. The van der Waals surface area contributed by atoms with Crippen molar-refractivity contribution in [3.63, 3.8) is 0 Å². The molecule has 0 spiro atoms. The van der Waals surface area contributed by atoms with Crippen LogP contribution in [0.15, 0.2) is 24.3 Å². The van der Waals surface area contributed by atoms with E-state index in [0.717, 1.165) is 32.1 Å². The van der Waals surface area contributed by atoms with Crippen LogP contribution in [0.25, 0.3) is 0 Å². The molecule has 0 heterocycles. The Balaban J connectivity index is 2.11. The number of esters is 1. The van der Waals surface area contributed by atoms with Crippen LogP contribution in [0.3, 0.4) is 0 Å². The van der Waals surface area contributed by atoms with Crippen molar-refractivity contribution >= 4 is 17.4 Å². The predicted molar refractivity (Wildman–Crippen MR) is 81.9 cm³/mol. The third kappa shape index (κ3) is 4.08. The number of carbonyl (C=O) groups excluding carboxylic acids is 2. The minimum atomic E-state index is -0.815. The number of nitrogen functional groups attached to an aromatic ring is 1. The van der Waals surface area contributed by atoms with Gasteiger partial charge in [-0.25, -0.2) is 4.79 Å². The van der Waals surface area contributed by atoms with Gasteiger partial charge in [-0.1, -0.05) is 19.3 Å². The van der Waals surface area contributed by atoms with E-state index in [4.69, 9.17) is 15.7 Å². The average molecular weight is 300 g/mol. The van der Waals surface area contributed by atoms with Crippen LogP contribution in [0, 0.1) is 17.2 Å². The van der Waals surface area contributed by atoms with E-state index in [-0.39, 0.29) is 18.1 Å². The monoisotopic (exact) mass is 300 g/mol. The molecule has 1 saturated carbocycles. The third-order valence-corrected chi connectivity index (χ3v) is 4.03. The lowest BCUT2D eigenvalue weighted by molar-refractivity contribution is -0.130. The van der Waals surface area contributed by atoms with Crippen LogP contribution in [0.4, 0.5) is 5.69 Å². The van der Waals surface area contributed by atoms with Crippen molar-refractivity contribution in [2.45, 2.75) is 44.6 Å². The summed E-state index contributed by atoms with van der Waals surface area (Å²) in [5, 5.41) is 8.74. The van der Waals surface area contributed by atoms with Gasteiger partial charge in [-0.2, -0.15) is 5.26 Å². The van der Waals surface area contributed by atoms with Crippen molar-refractivity contribution in [3.8, 4) is 6.07 Å². The molecule has 2 N–H and O–H groups in total. The molecule has 1 aliphatic rings. The van der Waals surface area contributed by atoms with Gasteiger partial charge in [0.25, 0.3) is 0 Å². The van der Waals surface area contributed by atoms with Crippen molar-refractivity contribution in [2.24, 2.45) is 5.92 Å². The van der Waals surface area contributed by atoms with Crippen molar-refractivity contribution in [3.05, 3.63) is 29.8 Å². The smallest absolute Gasteiger partial charge is 0.338 e. The molecule has 116 valence electrons. The summed E-state index contributed by atoms with van der Waals surface area (Å²) in [5.41, 5.74) is 6.51. The number of nitriles is 1. The fourth-order valence-electron chi connectivity index (χ4n) is 2.84. The van der Waals surface area contributed by atoms with Gasteiger partial charge in [0.05, 0.1) is 18.1 Å². The Morgan fingerprint density at radius 3 is 2.45 bits per heavy atom. The van der Waals surface area contributed by atoms with Crippen molar-refractivity contribution in [1.29, 1.82) is 5.26 Å². The van der Waals surface area contributed by atoms with E-state index in [1.165, 1.54) is 0 Å². The standard InChI is InChI=1S/C17H20N2O3/c18-11-10-15(20)16(12-4-2-1-3-5-12)22-17(21)13-6-8-14(19)9-7-13/h6-9,12,16H,1-5,10,19H2. The van der Waals surface area contributed by atoms with Gasteiger partial charge >= 0.3 is 5.97 Å². The Labute approximate surface area is 130 Å². The maximum atomic E-state index is 12.2. The Hall–Kier alpha value is -2.35. The van der Waals surface area contributed by atoms with E-state index in [2.05, 4.69) is 0 Å². The minimum Gasteiger partial charge on any atom is -0.450 e. The summed E-state index contributed by atoms with van der Waals surface area (Å²) in [6.07, 6.45) is 3.87. The highest BCUT2D eigenvalue weighted by Crippen LogP contribution is 2.29. The van der Waals surface area contributed by atoms with Crippen molar-refractivity contribution in [2.75, 3.05) is 5.73 Å². The molecule has 1 atom stereocenters. The van der Waals surface area contributed by atoms with Crippen LogP contribution >= 0.6 is 0 Å². The van der Waals surface area contributed by atoms with E-state index in [9.17, 15) is 9.59 Å². The van der Waals surface area contributed by atoms with Crippen LogP contribution in [0.2, 0.25) is 0 Å². The molecule has 0 saturated heterocycles. The van der Waals surface area contributed by atoms with E-state index >= 15 is 0 Å². The second kappa shape index (κ2) is 7.60. The summed E-state index contributed by atoms with van der Waals surface area (Å²) in [6.45, 7) is 0. The highest BCUT2D eigenvalue weighted by molar-refractivity contribution is 5.93. The summed E-state index contributed by atoms with van der Waals surface area (Å²) in [5.74, 6) is -0.826. The number of ketones is 1. The van der Waals surface area contributed by atoms with Gasteiger partial charge in [0.2, 0.25) is 0 Å². The molecule has 2 rings (SSSR count). The number of rotatable bonds is 5. The van der Waals surface area contributed by atoms with Crippen LogP contribution in [-0.4, -0.2) is 17.9 Å².